The summed E-state index contributed by atoms with van der Waals surface area (Å²) >= 11 is 0. The fraction of sp³-hybridized carbons (Fsp3) is 0.800. The first-order valence-electron chi connectivity index (χ1n) is 2.80. The van der Waals surface area contributed by atoms with Crippen molar-refractivity contribution in [3.05, 3.63) is 0 Å². The highest BCUT2D eigenvalue weighted by atomic mass is 16.7. The number of carbonyl (C=O) groups excluding carboxylic acids is 1. The molecule has 2 fully saturated rings. The van der Waals surface area contributed by atoms with Crippen LogP contribution in [-0.4, -0.2) is 36.0 Å². The third-order valence-corrected chi connectivity index (χ3v) is 1.57. The summed E-state index contributed by atoms with van der Waals surface area (Å²) in [6, 6.07) is 0. The highest BCUT2D eigenvalue weighted by Gasteiger charge is 2.58. The summed E-state index contributed by atoms with van der Waals surface area (Å²) in [6.45, 7) is -0.132. The first kappa shape index (κ1) is 5.20. The van der Waals surface area contributed by atoms with Crippen molar-refractivity contribution in [2.45, 2.75) is 18.3 Å². The molecule has 0 saturated carbocycles. The van der Waals surface area contributed by atoms with Crippen LogP contribution in [0.15, 0.2) is 0 Å². The Balaban J connectivity index is 2.08. The standard InChI is InChI=1S/C5H6O4/c6-1-2-3-4(9-3)5(7)8-2/h2-4,6H,1H2/t2-,3+,4+/m1/s1. The number of cyclic esters (lactones) is 1. The quantitative estimate of drug-likeness (QED) is 0.353. The number of hydrogen-bond acceptors (Lipinski definition) is 4. The van der Waals surface area contributed by atoms with Crippen LogP contribution in [0.4, 0.5) is 0 Å². The van der Waals surface area contributed by atoms with Crippen molar-refractivity contribution < 1.29 is 19.4 Å². The minimum atomic E-state index is -0.400. The normalized spacial score (nSPS) is 46.3. The van der Waals surface area contributed by atoms with Crippen LogP contribution >= 0.6 is 0 Å². The summed E-state index contributed by atoms with van der Waals surface area (Å²) in [7, 11) is 0. The Labute approximate surface area is 51.4 Å². The Hall–Kier alpha value is -0.610. The zero-order valence-electron chi connectivity index (χ0n) is 4.61. The molecule has 2 aliphatic rings. The summed E-state index contributed by atoms with van der Waals surface area (Å²) in [5.41, 5.74) is 0. The predicted molar refractivity (Wildman–Crippen MR) is 25.6 cm³/mol. The van der Waals surface area contributed by atoms with Crippen molar-refractivity contribution in [3.8, 4) is 0 Å². The maximum absolute atomic E-state index is 10.5. The zero-order chi connectivity index (χ0) is 6.43. The lowest BCUT2D eigenvalue weighted by molar-refractivity contribution is -0.151. The Bertz CT molecular complexity index is 155. The van der Waals surface area contributed by atoms with Gasteiger partial charge in [-0.05, 0) is 0 Å². The monoisotopic (exact) mass is 130 g/mol. The van der Waals surface area contributed by atoms with Crippen molar-refractivity contribution in [1.29, 1.82) is 0 Å². The largest absolute Gasteiger partial charge is 0.455 e. The smallest absolute Gasteiger partial charge is 0.338 e. The number of hydrogen-bond donors (Lipinski definition) is 1. The lowest BCUT2D eigenvalue weighted by Crippen LogP contribution is -2.20. The van der Waals surface area contributed by atoms with Gasteiger partial charge in [0.15, 0.2) is 12.2 Å². The molecule has 0 amide bonds. The SMILES string of the molecule is O=C1O[C@H](CO)[C@@H]2O[C@H]12. The van der Waals surface area contributed by atoms with Crippen molar-refractivity contribution in [3.63, 3.8) is 0 Å². The van der Waals surface area contributed by atoms with E-state index in [1.807, 2.05) is 0 Å². The lowest BCUT2D eigenvalue weighted by atomic mass is 10.2. The van der Waals surface area contributed by atoms with Crippen molar-refractivity contribution in [1.82, 2.24) is 0 Å². The van der Waals surface area contributed by atoms with Gasteiger partial charge in [-0.1, -0.05) is 0 Å². The van der Waals surface area contributed by atoms with E-state index < -0.39 is 6.10 Å². The second-order valence-electron chi connectivity index (χ2n) is 2.18. The van der Waals surface area contributed by atoms with E-state index in [4.69, 9.17) is 9.84 Å². The number of rotatable bonds is 1. The molecule has 2 saturated heterocycles. The van der Waals surface area contributed by atoms with E-state index in [2.05, 4.69) is 4.74 Å². The van der Waals surface area contributed by atoms with E-state index in [0.29, 0.717) is 0 Å². The van der Waals surface area contributed by atoms with Crippen LogP contribution in [0.25, 0.3) is 0 Å². The highest BCUT2D eigenvalue weighted by molar-refractivity contribution is 5.81. The zero-order valence-corrected chi connectivity index (χ0v) is 4.61. The maximum Gasteiger partial charge on any atom is 0.338 e. The van der Waals surface area contributed by atoms with Crippen LogP contribution in [0, 0.1) is 0 Å². The third kappa shape index (κ3) is 0.571. The molecule has 0 unspecified atom stereocenters. The van der Waals surface area contributed by atoms with E-state index in [0.717, 1.165) is 0 Å². The molecule has 4 heteroatoms. The molecule has 0 aromatic rings. The minimum absolute atomic E-state index is 0.132. The van der Waals surface area contributed by atoms with Crippen LogP contribution in [0.3, 0.4) is 0 Å². The summed E-state index contributed by atoms with van der Waals surface area (Å²) in [5, 5.41) is 8.52. The topological polar surface area (TPSA) is 59.1 Å². The van der Waals surface area contributed by atoms with Gasteiger partial charge in [0.25, 0.3) is 0 Å². The van der Waals surface area contributed by atoms with Crippen LogP contribution < -0.4 is 0 Å². The van der Waals surface area contributed by atoms with Gasteiger partial charge < -0.3 is 14.6 Å². The van der Waals surface area contributed by atoms with Crippen molar-refractivity contribution >= 4 is 5.97 Å². The number of carbonyl (C=O) groups is 1. The number of aliphatic hydroxyl groups is 1. The molecule has 2 heterocycles. The fourth-order valence-electron chi connectivity index (χ4n) is 1.02. The van der Waals surface area contributed by atoms with Gasteiger partial charge >= 0.3 is 5.97 Å². The molecule has 0 aromatic carbocycles. The van der Waals surface area contributed by atoms with E-state index in [1.54, 1.807) is 0 Å². The molecule has 9 heavy (non-hydrogen) atoms. The molecule has 0 spiro atoms. The molecule has 0 bridgehead atoms. The van der Waals surface area contributed by atoms with Gasteiger partial charge in [0.2, 0.25) is 0 Å². The molecule has 4 nitrogen and oxygen atoms in total. The molecule has 50 valence electrons. The number of fused-ring (bicyclic) bond motifs is 1. The molecule has 0 aromatic heterocycles. The number of ether oxygens (including phenoxy) is 2. The van der Waals surface area contributed by atoms with Crippen molar-refractivity contribution in [2.24, 2.45) is 0 Å². The fourth-order valence-corrected chi connectivity index (χ4v) is 1.02. The first-order chi connectivity index (χ1) is 4.33. The summed E-state index contributed by atoms with van der Waals surface area (Å²) in [6.07, 6.45) is -0.910. The molecule has 2 rings (SSSR count). The van der Waals surface area contributed by atoms with Crippen LogP contribution in [0.5, 0.6) is 0 Å². The van der Waals surface area contributed by atoms with Gasteiger partial charge in [0, 0.05) is 0 Å². The van der Waals surface area contributed by atoms with Gasteiger partial charge in [-0.2, -0.15) is 0 Å². The molecule has 1 N–H and O–H groups in total. The van der Waals surface area contributed by atoms with Crippen LogP contribution in [0.2, 0.25) is 0 Å². The second-order valence-corrected chi connectivity index (χ2v) is 2.18. The first-order valence-corrected chi connectivity index (χ1v) is 2.80. The van der Waals surface area contributed by atoms with E-state index in [-0.39, 0.29) is 24.8 Å². The number of esters is 1. The van der Waals surface area contributed by atoms with Crippen LogP contribution in [0.1, 0.15) is 0 Å². The average molecular weight is 130 g/mol. The molecular weight excluding hydrogens is 124 g/mol. The van der Waals surface area contributed by atoms with Gasteiger partial charge in [-0.15, -0.1) is 0 Å². The maximum atomic E-state index is 10.5. The summed E-state index contributed by atoms with van der Waals surface area (Å²) in [5.74, 6) is -0.334. The van der Waals surface area contributed by atoms with Gasteiger partial charge in [-0.25, -0.2) is 4.79 Å². The van der Waals surface area contributed by atoms with Gasteiger partial charge in [-0.3, -0.25) is 0 Å². The second kappa shape index (κ2) is 1.46. The Morgan fingerprint density at radius 1 is 1.67 bits per heavy atom. The number of epoxide rings is 1. The highest BCUT2D eigenvalue weighted by Crippen LogP contribution is 2.34. The van der Waals surface area contributed by atoms with Crippen molar-refractivity contribution in [2.75, 3.05) is 6.61 Å². The predicted octanol–water partition coefficient (Wildman–Crippen LogP) is -1.33. The minimum Gasteiger partial charge on any atom is -0.455 e. The Kier molecular flexibility index (Phi) is 0.841. The Morgan fingerprint density at radius 3 is 2.67 bits per heavy atom. The van der Waals surface area contributed by atoms with E-state index in [9.17, 15) is 4.79 Å². The molecule has 3 atom stereocenters. The van der Waals surface area contributed by atoms with E-state index in [1.165, 1.54) is 0 Å². The number of aliphatic hydroxyl groups excluding tert-OH is 1. The van der Waals surface area contributed by atoms with Crippen LogP contribution in [-0.2, 0) is 14.3 Å². The molecule has 2 aliphatic heterocycles. The van der Waals surface area contributed by atoms with Gasteiger partial charge in [0.05, 0.1) is 6.61 Å². The average Bonchev–Trinajstić information content (AvgIpc) is 2.56. The Morgan fingerprint density at radius 2 is 2.44 bits per heavy atom. The summed E-state index contributed by atoms with van der Waals surface area (Å²) < 4.78 is 9.49. The molecule has 0 aliphatic carbocycles. The third-order valence-electron chi connectivity index (χ3n) is 1.57. The molecule has 0 radical (unpaired) electrons. The van der Waals surface area contributed by atoms with E-state index >= 15 is 0 Å². The molecular formula is C5H6O4. The van der Waals surface area contributed by atoms with Gasteiger partial charge in [0.1, 0.15) is 6.10 Å². The summed E-state index contributed by atoms with van der Waals surface area (Å²) in [4.78, 5) is 10.5. The lowest BCUT2D eigenvalue weighted by Gasteiger charge is -2.05.